The van der Waals surface area contributed by atoms with Crippen LogP contribution in [0.4, 0.5) is 0 Å². The molecule has 1 aromatic rings. The molecule has 1 aliphatic rings. The fourth-order valence-corrected chi connectivity index (χ4v) is 2.20. The van der Waals surface area contributed by atoms with Gasteiger partial charge in [0.1, 0.15) is 5.15 Å². The lowest BCUT2D eigenvalue weighted by atomic mass is 9.98. The number of piperidine rings is 1. The van der Waals surface area contributed by atoms with Crippen molar-refractivity contribution in [2.45, 2.75) is 19.4 Å². The Labute approximate surface area is 101 Å². The monoisotopic (exact) mass is 240 g/mol. The molecule has 0 unspecified atom stereocenters. The van der Waals surface area contributed by atoms with Crippen LogP contribution in [-0.2, 0) is 6.54 Å². The molecule has 0 saturated carbocycles. The molecule has 0 aromatic carbocycles. The molecule has 1 aromatic heterocycles. The predicted molar refractivity (Wildman–Crippen MR) is 64.3 cm³/mol. The summed E-state index contributed by atoms with van der Waals surface area (Å²) >= 11 is 5.74. The molecule has 1 saturated heterocycles. The lowest BCUT2D eigenvalue weighted by Crippen LogP contribution is -2.34. The van der Waals surface area contributed by atoms with Crippen molar-refractivity contribution in [3.63, 3.8) is 0 Å². The molecule has 0 aliphatic carbocycles. The lowest BCUT2D eigenvalue weighted by molar-refractivity contribution is 0.127. The summed E-state index contributed by atoms with van der Waals surface area (Å²) in [6, 6.07) is 3.85. The van der Waals surface area contributed by atoms with Crippen LogP contribution in [-0.4, -0.2) is 34.7 Å². The zero-order valence-corrected chi connectivity index (χ0v) is 10.0. The van der Waals surface area contributed by atoms with Crippen LogP contribution in [0.25, 0.3) is 0 Å². The molecule has 2 heterocycles. The van der Waals surface area contributed by atoms with Crippen molar-refractivity contribution in [2.24, 2.45) is 5.92 Å². The molecule has 0 amide bonds. The third-order valence-electron chi connectivity index (χ3n) is 3.16. The van der Waals surface area contributed by atoms with Gasteiger partial charge in [-0.05, 0) is 43.5 Å². The van der Waals surface area contributed by atoms with E-state index in [9.17, 15) is 0 Å². The molecule has 1 fully saturated rings. The number of pyridine rings is 1. The van der Waals surface area contributed by atoms with Crippen molar-refractivity contribution in [3.8, 4) is 0 Å². The molecule has 2 rings (SSSR count). The number of aliphatic hydroxyl groups excluding tert-OH is 1. The van der Waals surface area contributed by atoms with Crippen molar-refractivity contribution < 1.29 is 5.11 Å². The average molecular weight is 241 g/mol. The second-order valence-electron chi connectivity index (χ2n) is 4.39. The summed E-state index contributed by atoms with van der Waals surface area (Å²) in [7, 11) is 0. The largest absolute Gasteiger partial charge is 0.396 e. The maximum absolute atomic E-state index is 9.05. The highest BCUT2D eigenvalue weighted by atomic mass is 35.5. The number of nitrogens with zero attached hydrogens (tertiary/aromatic N) is 2. The Balaban J connectivity index is 1.84. The van der Waals surface area contributed by atoms with Gasteiger partial charge in [-0.1, -0.05) is 17.7 Å². The summed E-state index contributed by atoms with van der Waals surface area (Å²) in [6.07, 6.45) is 4.02. The highest BCUT2D eigenvalue weighted by Gasteiger charge is 2.18. The summed E-state index contributed by atoms with van der Waals surface area (Å²) in [4.78, 5) is 6.47. The van der Waals surface area contributed by atoms with E-state index in [1.807, 2.05) is 18.3 Å². The Hall–Kier alpha value is -0.640. The number of aromatic nitrogens is 1. The molecule has 3 nitrogen and oxygen atoms in total. The third-order valence-corrected chi connectivity index (χ3v) is 3.38. The van der Waals surface area contributed by atoms with E-state index in [0.29, 0.717) is 17.7 Å². The second kappa shape index (κ2) is 5.62. The van der Waals surface area contributed by atoms with Crippen molar-refractivity contribution in [2.75, 3.05) is 19.7 Å². The Kier molecular flexibility index (Phi) is 4.16. The topological polar surface area (TPSA) is 36.4 Å². The van der Waals surface area contributed by atoms with Gasteiger partial charge in [-0.25, -0.2) is 4.98 Å². The van der Waals surface area contributed by atoms with Crippen LogP contribution < -0.4 is 0 Å². The van der Waals surface area contributed by atoms with Crippen LogP contribution in [0.3, 0.4) is 0 Å². The number of hydrogen-bond acceptors (Lipinski definition) is 3. The SMILES string of the molecule is OCC1CCN(Cc2ccc(Cl)nc2)CC1. The summed E-state index contributed by atoms with van der Waals surface area (Å²) in [6.45, 7) is 3.39. The van der Waals surface area contributed by atoms with E-state index in [0.717, 1.165) is 32.5 Å². The first-order valence-corrected chi connectivity index (χ1v) is 6.09. The Morgan fingerprint density at radius 2 is 2.12 bits per heavy atom. The van der Waals surface area contributed by atoms with E-state index in [1.165, 1.54) is 5.56 Å². The van der Waals surface area contributed by atoms with Crippen molar-refractivity contribution in [1.82, 2.24) is 9.88 Å². The Morgan fingerprint density at radius 1 is 1.38 bits per heavy atom. The molecule has 88 valence electrons. The van der Waals surface area contributed by atoms with Crippen LogP contribution in [0, 0.1) is 5.92 Å². The summed E-state index contributed by atoms with van der Waals surface area (Å²) in [5.41, 5.74) is 1.20. The fourth-order valence-electron chi connectivity index (χ4n) is 2.09. The fraction of sp³-hybridized carbons (Fsp3) is 0.583. The first kappa shape index (κ1) is 11.8. The number of likely N-dealkylation sites (tertiary alicyclic amines) is 1. The van der Waals surface area contributed by atoms with Gasteiger partial charge in [0.2, 0.25) is 0 Å². The maximum Gasteiger partial charge on any atom is 0.129 e. The predicted octanol–water partition coefficient (Wildman–Crippen LogP) is 1.94. The number of hydrogen-bond donors (Lipinski definition) is 1. The molecular weight excluding hydrogens is 224 g/mol. The van der Waals surface area contributed by atoms with E-state index >= 15 is 0 Å². The van der Waals surface area contributed by atoms with E-state index < -0.39 is 0 Å². The molecule has 0 bridgehead atoms. The third kappa shape index (κ3) is 3.17. The Bertz CT molecular complexity index is 320. The molecule has 0 radical (unpaired) electrons. The van der Waals surface area contributed by atoms with Gasteiger partial charge in [0, 0.05) is 19.3 Å². The van der Waals surface area contributed by atoms with Gasteiger partial charge >= 0.3 is 0 Å². The van der Waals surface area contributed by atoms with Gasteiger partial charge in [0.15, 0.2) is 0 Å². The van der Waals surface area contributed by atoms with Gasteiger partial charge in [0.05, 0.1) is 0 Å². The van der Waals surface area contributed by atoms with E-state index in [-0.39, 0.29) is 0 Å². The maximum atomic E-state index is 9.05. The first-order valence-electron chi connectivity index (χ1n) is 5.71. The van der Waals surface area contributed by atoms with Crippen molar-refractivity contribution in [1.29, 1.82) is 0 Å². The minimum absolute atomic E-state index is 0.330. The van der Waals surface area contributed by atoms with Crippen LogP contribution in [0.2, 0.25) is 5.15 Å². The van der Waals surface area contributed by atoms with E-state index in [1.54, 1.807) is 0 Å². The van der Waals surface area contributed by atoms with Crippen LogP contribution in [0.15, 0.2) is 18.3 Å². The van der Waals surface area contributed by atoms with Gasteiger partial charge in [-0.2, -0.15) is 0 Å². The zero-order chi connectivity index (χ0) is 11.4. The summed E-state index contributed by atoms with van der Waals surface area (Å²) in [5, 5.41) is 9.60. The first-order chi connectivity index (χ1) is 7.78. The molecule has 0 atom stereocenters. The molecule has 0 spiro atoms. The summed E-state index contributed by atoms with van der Waals surface area (Å²) < 4.78 is 0. The van der Waals surface area contributed by atoms with Crippen molar-refractivity contribution in [3.05, 3.63) is 29.0 Å². The van der Waals surface area contributed by atoms with E-state index in [4.69, 9.17) is 16.7 Å². The van der Waals surface area contributed by atoms with E-state index in [2.05, 4.69) is 9.88 Å². The van der Waals surface area contributed by atoms with Crippen molar-refractivity contribution >= 4 is 11.6 Å². The summed E-state index contributed by atoms with van der Waals surface area (Å²) in [5.74, 6) is 0.500. The van der Waals surface area contributed by atoms with Gasteiger partial charge in [0.25, 0.3) is 0 Å². The smallest absolute Gasteiger partial charge is 0.129 e. The quantitative estimate of drug-likeness (QED) is 0.821. The molecule has 16 heavy (non-hydrogen) atoms. The van der Waals surface area contributed by atoms with Crippen LogP contribution in [0.1, 0.15) is 18.4 Å². The normalized spacial score (nSPS) is 18.9. The minimum atomic E-state index is 0.330. The number of aliphatic hydroxyl groups is 1. The zero-order valence-electron chi connectivity index (χ0n) is 9.27. The van der Waals surface area contributed by atoms with Crippen LogP contribution >= 0.6 is 11.6 Å². The number of halogens is 1. The molecular formula is C12H17ClN2O. The highest BCUT2D eigenvalue weighted by molar-refractivity contribution is 6.29. The van der Waals surface area contributed by atoms with Gasteiger partial charge in [-0.15, -0.1) is 0 Å². The molecule has 1 aliphatic heterocycles. The van der Waals surface area contributed by atoms with Gasteiger partial charge in [-0.3, -0.25) is 4.90 Å². The lowest BCUT2D eigenvalue weighted by Gasteiger charge is -2.30. The molecule has 4 heteroatoms. The Morgan fingerprint density at radius 3 is 2.69 bits per heavy atom. The van der Waals surface area contributed by atoms with Crippen LogP contribution in [0.5, 0.6) is 0 Å². The minimum Gasteiger partial charge on any atom is -0.396 e. The number of rotatable bonds is 3. The average Bonchev–Trinajstić information content (AvgIpc) is 2.33. The second-order valence-corrected chi connectivity index (χ2v) is 4.78. The standard InChI is InChI=1S/C12H17ClN2O/c13-12-2-1-11(7-14-12)8-15-5-3-10(9-16)4-6-15/h1-2,7,10,16H,3-6,8-9H2. The highest BCUT2D eigenvalue weighted by Crippen LogP contribution is 2.18. The van der Waals surface area contributed by atoms with Gasteiger partial charge < -0.3 is 5.11 Å². The molecule has 1 N–H and O–H groups in total.